The van der Waals surface area contributed by atoms with Gasteiger partial charge in [-0.3, -0.25) is 0 Å². The van der Waals surface area contributed by atoms with Crippen LogP contribution in [0.5, 0.6) is 0 Å². The van der Waals surface area contributed by atoms with Gasteiger partial charge in [-0.15, -0.1) is 0 Å². The molecule has 0 aliphatic heterocycles. The van der Waals surface area contributed by atoms with Crippen LogP contribution >= 0.6 is 0 Å². The normalized spacial score (nSPS) is 14.8. The van der Waals surface area contributed by atoms with Gasteiger partial charge in [0.05, 0.1) is 16.1 Å². The van der Waals surface area contributed by atoms with E-state index in [2.05, 4.69) is 105 Å². The van der Waals surface area contributed by atoms with Crippen LogP contribution in [0.3, 0.4) is 0 Å². The van der Waals surface area contributed by atoms with Gasteiger partial charge in [0.25, 0.3) is 0 Å². The molecule has 2 nitrogen and oxygen atoms in total. The summed E-state index contributed by atoms with van der Waals surface area (Å²) in [6, 6.07) is 8.53. The van der Waals surface area contributed by atoms with Gasteiger partial charge >= 0.3 is 37.7 Å². The molecule has 0 heterocycles. The van der Waals surface area contributed by atoms with E-state index in [0.29, 0.717) is 11.4 Å². The first-order chi connectivity index (χ1) is 12.3. The van der Waals surface area contributed by atoms with E-state index in [0.717, 1.165) is 0 Å². The molecule has 1 aromatic carbocycles. The maximum atomic E-state index is 11.3. The van der Waals surface area contributed by atoms with Gasteiger partial charge in [-0.05, 0) is 33.0 Å². The molecule has 0 radical (unpaired) electrons. The zero-order valence-electron chi connectivity index (χ0n) is 22.4. The average molecular weight is 429 g/mol. The number of hydrogen-bond acceptors (Lipinski definition) is 0. The van der Waals surface area contributed by atoms with Crippen molar-refractivity contribution in [1.29, 1.82) is 0 Å². The molecule has 0 saturated heterocycles. The minimum Gasteiger partial charge on any atom is -0.811 e. The van der Waals surface area contributed by atoms with Gasteiger partial charge in [-0.2, -0.15) is 11.4 Å². The molecule has 2 unspecified atom stereocenters. The van der Waals surface area contributed by atoms with Crippen LogP contribution in [-0.4, -0.2) is 27.6 Å². The van der Waals surface area contributed by atoms with Crippen molar-refractivity contribution in [1.82, 2.24) is 0 Å². The molecule has 1 rings (SSSR count). The van der Waals surface area contributed by atoms with Crippen LogP contribution in [0.2, 0.25) is 39.3 Å². The van der Waals surface area contributed by atoms with E-state index in [9.17, 15) is 10.8 Å². The third kappa shape index (κ3) is 7.95. The second-order valence-corrected chi connectivity index (χ2v) is 23.1. The molecule has 0 N–H and O–H groups in total. The van der Waals surface area contributed by atoms with Gasteiger partial charge in [0, 0.05) is 0 Å². The van der Waals surface area contributed by atoms with E-state index in [1.165, 1.54) is 11.1 Å². The van der Waals surface area contributed by atoms with Gasteiger partial charge in [-0.25, -0.2) is 0 Å². The minimum atomic E-state index is -1.78. The Labute approximate surface area is 213 Å². The van der Waals surface area contributed by atoms with Gasteiger partial charge in [0.1, 0.15) is 0 Å². The fraction of sp³-hybridized carbons (Fsp3) is 0.667. The van der Waals surface area contributed by atoms with Crippen LogP contribution in [0.25, 0.3) is 10.8 Å². The van der Waals surface area contributed by atoms with E-state index in [-0.39, 0.29) is 59.6 Å². The molecule has 0 fully saturated rings. The van der Waals surface area contributed by atoms with Crippen molar-refractivity contribution in [3.8, 4) is 0 Å². The van der Waals surface area contributed by atoms with Gasteiger partial charge < -0.3 is 10.8 Å². The zero-order valence-corrected chi connectivity index (χ0v) is 24.4. The monoisotopic (exact) mass is 428 g/mol. The van der Waals surface area contributed by atoms with Crippen molar-refractivity contribution in [2.45, 2.75) is 91.9 Å². The third-order valence-corrected chi connectivity index (χ3v) is 10.1. The van der Waals surface area contributed by atoms with Crippen molar-refractivity contribution in [3.63, 3.8) is 0 Å². The molecular weight excluding hydrogens is 386 g/mol. The first kappa shape index (κ1) is 32.4. The van der Waals surface area contributed by atoms with E-state index in [4.69, 9.17) is 0 Å². The standard InChI is InChI=1S/C24H42N2Si2.2Li/c1-23(2,3)21(25)19(27(7,8)9)17-15-13-14-16-18(17)20(28(10,11)12)22(26)24(4,5)6;;/h13-16,19-20H,1-12H3;;/q-2;2*+1. The Bertz CT molecular complexity index is 670. The van der Waals surface area contributed by atoms with Crippen LogP contribution in [0, 0.1) is 10.8 Å². The maximum Gasteiger partial charge on any atom is 1.00 e. The Morgan fingerprint density at radius 1 is 0.633 bits per heavy atom. The molecule has 0 aliphatic carbocycles. The average Bonchev–Trinajstić information content (AvgIpc) is 2.44. The van der Waals surface area contributed by atoms with E-state index in [1.54, 1.807) is 0 Å². The summed E-state index contributed by atoms with van der Waals surface area (Å²) in [6.45, 7) is 26.5. The summed E-state index contributed by atoms with van der Waals surface area (Å²) in [7, 11) is -3.56. The molecule has 0 aliphatic rings. The van der Waals surface area contributed by atoms with E-state index < -0.39 is 16.1 Å². The van der Waals surface area contributed by atoms with Gasteiger partial charge in [0.15, 0.2) is 0 Å². The second kappa shape index (κ2) is 10.9. The zero-order chi connectivity index (χ0) is 22.3. The first-order valence-electron chi connectivity index (χ1n) is 10.5. The van der Waals surface area contributed by atoms with Crippen molar-refractivity contribution in [2.75, 3.05) is 0 Å². The molecule has 30 heavy (non-hydrogen) atoms. The Kier molecular flexibility index (Phi) is 11.7. The Hall–Kier alpha value is 0.189. The predicted octanol–water partition coefficient (Wildman–Crippen LogP) is 1.73. The first-order valence-corrected chi connectivity index (χ1v) is 17.7. The van der Waals surface area contributed by atoms with Crippen molar-refractivity contribution in [3.05, 3.63) is 46.2 Å². The summed E-state index contributed by atoms with van der Waals surface area (Å²) in [6.07, 6.45) is 0. The van der Waals surface area contributed by atoms with Crippen molar-refractivity contribution in [2.24, 2.45) is 10.8 Å². The molecule has 1 aromatic rings. The molecule has 158 valence electrons. The summed E-state index contributed by atoms with van der Waals surface area (Å²) in [5.41, 5.74) is 3.08. The van der Waals surface area contributed by atoms with Crippen LogP contribution in [0.15, 0.2) is 24.3 Å². The summed E-state index contributed by atoms with van der Waals surface area (Å²) < 4.78 is 0. The topological polar surface area (TPSA) is 44.6 Å². The molecule has 6 heteroatoms. The van der Waals surface area contributed by atoms with Crippen LogP contribution in [-0.2, 0) is 0 Å². The second-order valence-electron chi connectivity index (χ2n) is 12.5. The molecule has 2 atom stereocenters. The Balaban J connectivity index is 0. The molecule has 0 aromatic heterocycles. The van der Waals surface area contributed by atoms with Crippen molar-refractivity contribution >= 4 is 27.6 Å². The number of rotatable bonds is 6. The van der Waals surface area contributed by atoms with Gasteiger partial charge in [-0.1, -0.05) is 105 Å². The maximum absolute atomic E-state index is 11.3. The van der Waals surface area contributed by atoms with Crippen LogP contribution in [0.1, 0.15) is 63.8 Å². The van der Waals surface area contributed by atoms with Crippen LogP contribution < -0.4 is 37.7 Å². The minimum absolute atomic E-state index is 0. The largest absolute Gasteiger partial charge is 1.00 e. The molecule has 0 spiro atoms. The van der Waals surface area contributed by atoms with Gasteiger partial charge in [0.2, 0.25) is 0 Å². The molecule has 0 saturated carbocycles. The quantitative estimate of drug-likeness (QED) is 0.489. The van der Waals surface area contributed by atoms with Crippen molar-refractivity contribution < 1.29 is 37.7 Å². The molecule has 0 amide bonds. The third-order valence-electron chi connectivity index (χ3n) is 5.43. The summed E-state index contributed by atoms with van der Waals surface area (Å²) in [5, 5.41) is 22.7. The molecular formula is C24H42Li2N2Si2. The fourth-order valence-corrected chi connectivity index (χ4v) is 8.85. The fourth-order valence-electron chi connectivity index (χ4n) is 3.95. The Morgan fingerprint density at radius 3 is 1.03 bits per heavy atom. The number of hydrogen-bond donors (Lipinski definition) is 0. The van der Waals surface area contributed by atoms with Crippen LogP contribution in [0.4, 0.5) is 0 Å². The SMILES string of the molecule is CC(C)(C)C(=[N-])C(c1ccccc1C(C(=[N-])C(C)(C)C)[Si](C)(C)C)[Si](C)(C)C.[Li+].[Li+]. The predicted molar refractivity (Wildman–Crippen MR) is 134 cm³/mol. The van der Waals surface area contributed by atoms with E-state index >= 15 is 0 Å². The summed E-state index contributed by atoms with van der Waals surface area (Å²) >= 11 is 0. The number of benzene rings is 1. The van der Waals surface area contributed by atoms with E-state index in [1.807, 2.05) is 0 Å². The molecule has 0 bridgehead atoms. The summed E-state index contributed by atoms with van der Waals surface area (Å²) in [4.78, 5) is 0. The number of nitrogens with zero attached hydrogens (tertiary/aromatic N) is 2. The summed E-state index contributed by atoms with van der Waals surface area (Å²) in [5.74, 6) is 0. The Morgan fingerprint density at radius 2 is 0.867 bits per heavy atom. The smallest absolute Gasteiger partial charge is 0.811 e.